The number of fused-ring (bicyclic) bond motifs is 1. The number of hydrogen-bond acceptors (Lipinski definition) is 4. The number of aryl methyl sites for hydroxylation is 1. The standard InChI is InChI=1S/C16H17N5/c1-10-2-4-11(5-3-10)13-8-21(12-6-18-7-12)16-14(13)15(17)19-9-20-16/h2-5,8-9,12,18H,6-7H2,1H3,(H2,17,19,20). The summed E-state index contributed by atoms with van der Waals surface area (Å²) in [6.45, 7) is 4.03. The fourth-order valence-corrected chi connectivity index (χ4v) is 2.81. The molecule has 3 N–H and O–H groups in total. The van der Waals surface area contributed by atoms with E-state index in [0.29, 0.717) is 11.9 Å². The average molecular weight is 279 g/mol. The van der Waals surface area contributed by atoms with Crippen molar-refractivity contribution in [1.82, 2.24) is 19.9 Å². The highest BCUT2D eigenvalue weighted by molar-refractivity contribution is 6.00. The highest BCUT2D eigenvalue weighted by Crippen LogP contribution is 2.34. The minimum absolute atomic E-state index is 0.445. The SMILES string of the molecule is Cc1ccc(-c2cn(C3CNC3)c3ncnc(N)c23)cc1. The summed E-state index contributed by atoms with van der Waals surface area (Å²) in [6, 6.07) is 8.92. The molecular formula is C16H17N5. The van der Waals surface area contributed by atoms with Crippen LogP contribution in [0.5, 0.6) is 0 Å². The number of aromatic nitrogens is 3. The van der Waals surface area contributed by atoms with Gasteiger partial charge in [0.1, 0.15) is 17.8 Å². The quantitative estimate of drug-likeness (QED) is 0.754. The molecule has 3 heterocycles. The number of nitrogen functional groups attached to an aromatic ring is 1. The number of anilines is 1. The third-order valence-corrected chi connectivity index (χ3v) is 4.15. The number of rotatable bonds is 2. The number of benzene rings is 1. The molecule has 0 bridgehead atoms. The third-order valence-electron chi connectivity index (χ3n) is 4.15. The maximum Gasteiger partial charge on any atom is 0.146 e. The molecule has 0 amide bonds. The molecule has 1 saturated heterocycles. The lowest BCUT2D eigenvalue weighted by Gasteiger charge is -2.28. The van der Waals surface area contributed by atoms with Crippen LogP contribution in [0.4, 0.5) is 5.82 Å². The summed E-state index contributed by atoms with van der Waals surface area (Å²) in [7, 11) is 0. The van der Waals surface area contributed by atoms with Gasteiger partial charge in [-0.3, -0.25) is 0 Å². The largest absolute Gasteiger partial charge is 0.383 e. The van der Waals surface area contributed by atoms with Gasteiger partial charge in [-0.2, -0.15) is 0 Å². The van der Waals surface area contributed by atoms with Crippen LogP contribution in [0.1, 0.15) is 11.6 Å². The van der Waals surface area contributed by atoms with Gasteiger partial charge in [0, 0.05) is 24.8 Å². The van der Waals surface area contributed by atoms with Crippen molar-refractivity contribution >= 4 is 16.9 Å². The van der Waals surface area contributed by atoms with Crippen molar-refractivity contribution in [2.45, 2.75) is 13.0 Å². The first-order valence-corrected chi connectivity index (χ1v) is 7.13. The lowest BCUT2D eigenvalue weighted by molar-refractivity contribution is 0.350. The Morgan fingerprint density at radius 2 is 1.95 bits per heavy atom. The predicted octanol–water partition coefficient (Wildman–Crippen LogP) is 2.13. The maximum absolute atomic E-state index is 6.12. The van der Waals surface area contributed by atoms with Gasteiger partial charge < -0.3 is 15.6 Å². The van der Waals surface area contributed by atoms with Gasteiger partial charge >= 0.3 is 0 Å². The zero-order valence-corrected chi connectivity index (χ0v) is 11.9. The summed E-state index contributed by atoms with van der Waals surface area (Å²) in [5.74, 6) is 0.543. The number of nitrogens with zero attached hydrogens (tertiary/aromatic N) is 3. The van der Waals surface area contributed by atoms with Crippen LogP contribution in [0.3, 0.4) is 0 Å². The summed E-state index contributed by atoms with van der Waals surface area (Å²) >= 11 is 0. The summed E-state index contributed by atoms with van der Waals surface area (Å²) in [4.78, 5) is 8.62. The molecule has 4 rings (SSSR count). The van der Waals surface area contributed by atoms with Gasteiger partial charge in [-0.25, -0.2) is 9.97 Å². The Bertz CT molecular complexity index is 799. The molecule has 5 heteroatoms. The van der Waals surface area contributed by atoms with Crippen molar-refractivity contribution < 1.29 is 0 Å². The fourth-order valence-electron chi connectivity index (χ4n) is 2.81. The van der Waals surface area contributed by atoms with E-state index in [9.17, 15) is 0 Å². The third kappa shape index (κ3) is 1.89. The molecule has 0 saturated carbocycles. The first-order valence-electron chi connectivity index (χ1n) is 7.13. The maximum atomic E-state index is 6.12. The van der Waals surface area contributed by atoms with E-state index in [-0.39, 0.29) is 0 Å². The van der Waals surface area contributed by atoms with E-state index in [1.165, 1.54) is 5.56 Å². The fraction of sp³-hybridized carbons (Fsp3) is 0.250. The zero-order valence-electron chi connectivity index (χ0n) is 11.9. The smallest absolute Gasteiger partial charge is 0.146 e. The van der Waals surface area contributed by atoms with Crippen LogP contribution in [0, 0.1) is 6.92 Å². The second-order valence-corrected chi connectivity index (χ2v) is 5.59. The molecule has 0 unspecified atom stereocenters. The Morgan fingerprint density at radius 3 is 2.62 bits per heavy atom. The molecular weight excluding hydrogens is 262 g/mol. The minimum Gasteiger partial charge on any atom is -0.383 e. The van der Waals surface area contributed by atoms with Gasteiger partial charge in [0.15, 0.2) is 0 Å². The summed E-state index contributed by atoms with van der Waals surface area (Å²) in [6.07, 6.45) is 3.70. The summed E-state index contributed by atoms with van der Waals surface area (Å²) < 4.78 is 2.22. The van der Waals surface area contributed by atoms with E-state index in [1.807, 2.05) is 0 Å². The molecule has 1 aliphatic rings. The van der Waals surface area contributed by atoms with E-state index >= 15 is 0 Å². The van der Waals surface area contributed by atoms with Crippen molar-refractivity contribution in [3.8, 4) is 11.1 Å². The predicted molar refractivity (Wildman–Crippen MR) is 84.0 cm³/mol. The van der Waals surface area contributed by atoms with E-state index in [4.69, 9.17) is 5.73 Å². The Hall–Kier alpha value is -2.40. The van der Waals surface area contributed by atoms with E-state index in [1.54, 1.807) is 6.33 Å². The molecule has 21 heavy (non-hydrogen) atoms. The second-order valence-electron chi connectivity index (χ2n) is 5.59. The van der Waals surface area contributed by atoms with Crippen LogP contribution in [-0.4, -0.2) is 27.6 Å². The average Bonchev–Trinajstić information content (AvgIpc) is 2.79. The van der Waals surface area contributed by atoms with Crippen LogP contribution in [0.2, 0.25) is 0 Å². The zero-order chi connectivity index (χ0) is 14.4. The lowest BCUT2D eigenvalue weighted by atomic mass is 10.0. The van der Waals surface area contributed by atoms with Crippen LogP contribution >= 0.6 is 0 Å². The monoisotopic (exact) mass is 279 g/mol. The molecule has 106 valence electrons. The molecule has 0 radical (unpaired) electrons. The summed E-state index contributed by atoms with van der Waals surface area (Å²) in [5.41, 5.74) is 10.5. The Morgan fingerprint density at radius 1 is 1.19 bits per heavy atom. The van der Waals surface area contributed by atoms with Crippen LogP contribution in [-0.2, 0) is 0 Å². The molecule has 2 aromatic heterocycles. The highest BCUT2D eigenvalue weighted by atomic mass is 15.2. The van der Waals surface area contributed by atoms with Crippen molar-refractivity contribution in [2.75, 3.05) is 18.8 Å². The molecule has 5 nitrogen and oxygen atoms in total. The van der Waals surface area contributed by atoms with Gasteiger partial charge in [0.2, 0.25) is 0 Å². The Kier molecular flexibility index (Phi) is 2.68. The lowest BCUT2D eigenvalue weighted by Crippen LogP contribution is -2.43. The molecule has 1 aromatic carbocycles. The summed E-state index contributed by atoms with van der Waals surface area (Å²) in [5, 5.41) is 4.25. The minimum atomic E-state index is 0.445. The van der Waals surface area contributed by atoms with Crippen molar-refractivity contribution in [3.05, 3.63) is 42.4 Å². The molecule has 1 aliphatic heterocycles. The van der Waals surface area contributed by atoms with Gasteiger partial charge in [-0.1, -0.05) is 29.8 Å². The van der Waals surface area contributed by atoms with Crippen LogP contribution in [0.15, 0.2) is 36.8 Å². The van der Waals surface area contributed by atoms with Crippen LogP contribution < -0.4 is 11.1 Å². The normalized spacial score (nSPS) is 15.3. The first kappa shape index (κ1) is 12.3. The Labute approximate surface area is 122 Å². The first-order chi connectivity index (χ1) is 10.2. The van der Waals surface area contributed by atoms with Crippen molar-refractivity contribution in [2.24, 2.45) is 0 Å². The van der Waals surface area contributed by atoms with Gasteiger partial charge in [0.05, 0.1) is 11.4 Å². The Balaban J connectivity index is 1.97. The molecule has 1 fully saturated rings. The van der Waals surface area contributed by atoms with Crippen molar-refractivity contribution in [3.63, 3.8) is 0 Å². The highest BCUT2D eigenvalue weighted by Gasteiger charge is 2.24. The van der Waals surface area contributed by atoms with Gasteiger partial charge in [-0.05, 0) is 12.5 Å². The molecule has 0 spiro atoms. The van der Waals surface area contributed by atoms with Crippen molar-refractivity contribution in [1.29, 1.82) is 0 Å². The van der Waals surface area contributed by atoms with E-state index in [0.717, 1.165) is 35.2 Å². The molecule has 0 aliphatic carbocycles. The van der Waals surface area contributed by atoms with Gasteiger partial charge in [-0.15, -0.1) is 0 Å². The topological polar surface area (TPSA) is 68.8 Å². The van der Waals surface area contributed by atoms with Crippen LogP contribution in [0.25, 0.3) is 22.2 Å². The van der Waals surface area contributed by atoms with E-state index in [2.05, 4.69) is 57.2 Å². The molecule has 0 atom stereocenters. The number of nitrogens with one attached hydrogen (secondary N) is 1. The molecule has 3 aromatic rings. The number of hydrogen-bond donors (Lipinski definition) is 2. The second kappa shape index (κ2) is 4.56. The number of nitrogens with two attached hydrogens (primary N) is 1. The van der Waals surface area contributed by atoms with Gasteiger partial charge in [0.25, 0.3) is 0 Å². The van der Waals surface area contributed by atoms with E-state index < -0.39 is 0 Å².